The van der Waals surface area contributed by atoms with Crippen molar-refractivity contribution < 1.29 is 51.7 Å². The van der Waals surface area contributed by atoms with Gasteiger partial charge in [0.1, 0.15) is 0 Å². The van der Waals surface area contributed by atoms with E-state index >= 15 is 0 Å². The third kappa shape index (κ3) is 13.0. The van der Waals surface area contributed by atoms with Gasteiger partial charge in [-0.1, -0.05) is 24.3 Å². The molecule has 0 spiro atoms. The monoisotopic (exact) mass is 894 g/mol. The van der Waals surface area contributed by atoms with Crippen LogP contribution in [0.2, 0.25) is 56.0 Å². The predicted octanol–water partition coefficient (Wildman–Crippen LogP) is 10.3. The number of aryl methyl sites for hydroxylation is 4. The van der Waals surface area contributed by atoms with Crippen molar-refractivity contribution >= 4 is 33.8 Å². The summed E-state index contributed by atoms with van der Waals surface area (Å²) in [6, 6.07) is 25.7. The molecule has 1 aliphatic heterocycles. The highest BCUT2D eigenvalue weighted by Crippen LogP contribution is 2.42. The number of methoxy groups -OCH3 is 4. The molecule has 1 saturated heterocycles. The minimum atomic E-state index is -2.85. The Morgan fingerprint density at radius 2 is 0.683 bits per heavy atom. The molecule has 11 nitrogen and oxygen atoms in total. The van der Waals surface area contributed by atoms with E-state index in [9.17, 15) is 20.4 Å². The zero-order valence-electron chi connectivity index (χ0n) is 36.8. The number of rotatable bonds is 20. The lowest BCUT2D eigenvalue weighted by molar-refractivity contribution is 0.299. The zero-order valence-corrected chi connectivity index (χ0v) is 40.8. The van der Waals surface area contributed by atoms with Crippen molar-refractivity contribution in [3.8, 4) is 46.0 Å². The molecule has 1 aliphatic rings. The van der Waals surface area contributed by atoms with Gasteiger partial charge < -0.3 is 51.7 Å². The fourth-order valence-electron chi connectivity index (χ4n) is 8.96. The lowest BCUT2D eigenvalue weighted by Crippen LogP contribution is -2.65. The van der Waals surface area contributed by atoms with Crippen LogP contribution in [0, 0.1) is 0 Å². The second kappa shape index (κ2) is 20.7. The molecule has 4 N–H and O–H groups in total. The molecule has 0 radical (unpaired) electrons. The molecule has 0 saturated carbocycles. The van der Waals surface area contributed by atoms with Crippen LogP contribution in [0.4, 0.5) is 0 Å². The highest BCUT2D eigenvalue weighted by atomic mass is 28.5. The summed E-state index contributed by atoms with van der Waals surface area (Å²) in [4.78, 5) is 0. The Labute approximate surface area is 360 Å². The summed E-state index contributed by atoms with van der Waals surface area (Å²) in [6.07, 6.45) is 6.83. The third-order valence-electron chi connectivity index (χ3n) is 11.6. The molecule has 1 fully saturated rings. The summed E-state index contributed by atoms with van der Waals surface area (Å²) in [5.41, 5.74) is 5.35. The first-order chi connectivity index (χ1) is 28.5. The Morgan fingerprint density at radius 3 is 0.950 bits per heavy atom. The first kappa shape index (κ1) is 47.1. The Balaban J connectivity index is 1.43. The molecule has 0 aromatic heterocycles. The van der Waals surface area contributed by atoms with Crippen LogP contribution in [0.15, 0.2) is 72.8 Å². The summed E-state index contributed by atoms with van der Waals surface area (Å²) in [5.74, 6) is 2.41. The van der Waals surface area contributed by atoms with E-state index in [0.717, 1.165) is 103 Å². The van der Waals surface area contributed by atoms with Crippen LogP contribution in [0.25, 0.3) is 0 Å². The van der Waals surface area contributed by atoms with Gasteiger partial charge in [-0.15, -0.1) is 0 Å². The lowest BCUT2D eigenvalue weighted by atomic mass is 10.1. The average Bonchev–Trinajstić information content (AvgIpc) is 3.19. The highest BCUT2D eigenvalue weighted by Gasteiger charge is 2.55. The number of ether oxygens (including phenoxy) is 4. The average molecular weight is 895 g/mol. The van der Waals surface area contributed by atoms with E-state index in [-0.39, 0.29) is 23.0 Å². The quantitative estimate of drug-likeness (QED) is 0.0629. The summed E-state index contributed by atoms with van der Waals surface area (Å²) in [6.45, 7) is 9.29. The fourth-order valence-corrected chi connectivity index (χ4v) is 37.6. The van der Waals surface area contributed by atoms with E-state index in [1.165, 1.54) is 0 Å². The molecule has 328 valence electrons. The molecule has 60 heavy (non-hydrogen) atoms. The summed E-state index contributed by atoms with van der Waals surface area (Å²) in [7, 11) is -4.35. The minimum absolute atomic E-state index is 0.126. The largest absolute Gasteiger partial charge is 0.504 e. The van der Waals surface area contributed by atoms with E-state index in [1.807, 2.05) is 48.5 Å². The molecule has 4 atom stereocenters. The molecule has 0 amide bonds. The van der Waals surface area contributed by atoms with Gasteiger partial charge in [-0.2, -0.15) is 0 Å². The summed E-state index contributed by atoms with van der Waals surface area (Å²) < 4.78 is 44.6. The number of aromatic hydroxyl groups is 4. The number of hydrogen-bond acceptors (Lipinski definition) is 11. The minimum Gasteiger partial charge on any atom is -0.504 e. The normalized spacial score (nSPS) is 23.1. The molecule has 4 aromatic rings. The van der Waals surface area contributed by atoms with Crippen molar-refractivity contribution in [2.75, 3.05) is 28.4 Å². The maximum atomic E-state index is 10.2. The SMILES string of the molecule is COc1cc(CCC[Si]2(C)C[Si](C)(CCCc3ccc(O)c(OC)c3)O[Si](C)(CCCc3ccc(O)c(OC)c3)O[Si](C)(CCCc3ccc(O)c(OC)c3)O2)ccc1O. The molecule has 5 rings (SSSR count). The first-order valence-electron chi connectivity index (χ1n) is 21.1. The van der Waals surface area contributed by atoms with Crippen molar-refractivity contribution in [1.29, 1.82) is 0 Å². The fraction of sp³-hybridized carbons (Fsp3) is 0.467. The third-order valence-corrected chi connectivity index (χ3v) is 33.8. The van der Waals surface area contributed by atoms with Crippen LogP contribution in [-0.4, -0.2) is 82.6 Å². The van der Waals surface area contributed by atoms with Crippen LogP contribution in [0.3, 0.4) is 0 Å². The van der Waals surface area contributed by atoms with Crippen molar-refractivity contribution in [3.05, 3.63) is 95.1 Å². The maximum Gasteiger partial charge on any atom is 0.315 e. The Hall–Kier alpha value is -3.97. The number of phenols is 4. The second-order valence-electron chi connectivity index (χ2n) is 17.1. The smallest absolute Gasteiger partial charge is 0.315 e. The van der Waals surface area contributed by atoms with Gasteiger partial charge in [0.2, 0.25) is 0 Å². The van der Waals surface area contributed by atoms with E-state index in [2.05, 4.69) is 26.2 Å². The molecular weight excluding hydrogens is 829 g/mol. The van der Waals surface area contributed by atoms with Gasteiger partial charge in [0, 0.05) is 0 Å². The van der Waals surface area contributed by atoms with Crippen LogP contribution in [-0.2, 0) is 38.0 Å². The topological polar surface area (TPSA) is 146 Å². The lowest BCUT2D eigenvalue weighted by Gasteiger charge is -2.51. The molecular formula is C45H66O11Si4. The Morgan fingerprint density at radius 1 is 0.417 bits per heavy atom. The maximum absolute atomic E-state index is 10.2. The Kier molecular flexibility index (Phi) is 16.3. The van der Waals surface area contributed by atoms with Gasteiger partial charge >= 0.3 is 17.1 Å². The van der Waals surface area contributed by atoms with Crippen molar-refractivity contribution in [3.63, 3.8) is 0 Å². The predicted molar refractivity (Wildman–Crippen MR) is 246 cm³/mol. The van der Waals surface area contributed by atoms with Crippen LogP contribution in [0.5, 0.6) is 46.0 Å². The van der Waals surface area contributed by atoms with Gasteiger partial charge in [0.05, 0.1) is 28.4 Å². The van der Waals surface area contributed by atoms with Gasteiger partial charge in [-0.3, -0.25) is 0 Å². The molecule has 4 unspecified atom stereocenters. The molecule has 15 heteroatoms. The Bertz CT molecular complexity index is 1740. The molecule has 4 aromatic carbocycles. The number of benzene rings is 4. The zero-order chi connectivity index (χ0) is 43.6. The van der Waals surface area contributed by atoms with Gasteiger partial charge in [0.15, 0.2) is 62.6 Å². The number of phenolic OH excluding ortho intramolecular Hbond substituents is 4. The van der Waals surface area contributed by atoms with Crippen molar-refractivity contribution in [2.24, 2.45) is 0 Å². The van der Waals surface area contributed by atoms with Crippen LogP contribution in [0.1, 0.15) is 47.9 Å². The molecule has 0 aliphatic carbocycles. The molecule has 1 heterocycles. The van der Waals surface area contributed by atoms with Crippen LogP contribution >= 0.6 is 0 Å². The second-order valence-corrected chi connectivity index (χ2v) is 33.3. The van der Waals surface area contributed by atoms with Crippen molar-refractivity contribution in [2.45, 2.75) is 107 Å². The first-order valence-corrected chi connectivity index (χ1v) is 31.7. The standard InChI is InChI=1S/C45H66O11Si4/c1-50-42-29-34(17-21-38(42)46)13-9-25-57(5)33-58(6,26-10-14-35-18-22-39(47)43(30-35)51-2)55-60(8,28-12-16-37-20-24-41(49)45(32-37)53-4)56-59(7,54-57)27-11-15-36-19-23-40(48)44(31-36)52-3/h17-24,29-32,46-49H,9-16,25-28,33H2,1-8H3. The highest BCUT2D eigenvalue weighted by molar-refractivity contribution is 6.99. The van der Waals surface area contributed by atoms with Gasteiger partial charge in [-0.05, 0) is 178 Å². The number of hydrogen-bond donors (Lipinski definition) is 4. The van der Waals surface area contributed by atoms with E-state index < -0.39 is 33.8 Å². The van der Waals surface area contributed by atoms with E-state index in [1.54, 1.807) is 52.7 Å². The van der Waals surface area contributed by atoms with Gasteiger partial charge in [-0.25, -0.2) is 0 Å². The summed E-state index contributed by atoms with van der Waals surface area (Å²) in [5, 5.41) is 40.9. The van der Waals surface area contributed by atoms with Gasteiger partial charge in [0.25, 0.3) is 0 Å². The van der Waals surface area contributed by atoms with E-state index in [4.69, 9.17) is 31.3 Å². The summed E-state index contributed by atoms with van der Waals surface area (Å²) >= 11 is 0. The molecule has 0 bridgehead atoms. The van der Waals surface area contributed by atoms with E-state index in [0.29, 0.717) is 23.0 Å². The van der Waals surface area contributed by atoms with Crippen molar-refractivity contribution in [1.82, 2.24) is 0 Å². The van der Waals surface area contributed by atoms with Crippen LogP contribution < -0.4 is 18.9 Å².